The lowest BCUT2D eigenvalue weighted by atomic mass is 9.98. The first-order valence-corrected chi connectivity index (χ1v) is 6.55. The van der Waals surface area contributed by atoms with Crippen molar-refractivity contribution in [1.29, 1.82) is 5.41 Å². The highest BCUT2D eigenvalue weighted by Crippen LogP contribution is 2.21. The van der Waals surface area contributed by atoms with E-state index in [1.807, 2.05) is 0 Å². The maximum atomic E-state index is 12.1. The van der Waals surface area contributed by atoms with Gasteiger partial charge < -0.3 is 20.1 Å². The molecule has 0 spiro atoms. The highest BCUT2D eigenvalue weighted by molar-refractivity contribution is 5.78. The van der Waals surface area contributed by atoms with Crippen LogP contribution in [-0.2, 0) is 4.79 Å². The standard InChI is InChI=1S/C14H19N3O3/c1-19-11-4-6-12(7-5-11)20-13(18)10-3-2-8-17(9-10)14(15)16/h4-7,10H,2-3,8-9H2,1H3,(H3,15,16). The number of rotatable bonds is 3. The van der Waals surface area contributed by atoms with Gasteiger partial charge in [-0.05, 0) is 37.1 Å². The highest BCUT2D eigenvalue weighted by atomic mass is 16.5. The zero-order valence-corrected chi connectivity index (χ0v) is 11.5. The average Bonchev–Trinajstić information content (AvgIpc) is 2.48. The normalized spacial score (nSPS) is 18.4. The lowest BCUT2D eigenvalue weighted by Gasteiger charge is -2.31. The van der Waals surface area contributed by atoms with E-state index >= 15 is 0 Å². The van der Waals surface area contributed by atoms with E-state index in [9.17, 15) is 4.79 Å². The Kier molecular flexibility index (Phi) is 4.45. The van der Waals surface area contributed by atoms with Crippen molar-refractivity contribution < 1.29 is 14.3 Å². The minimum absolute atomic E-state index is 0.00643. The Morgan fingerprint density at radius 2 is 2.00 bits per heavy atom. The predicted octanol–water partition coefficient (Wildman–Crippen LogP) is 1.21. The largest absolute Gasteiger partial charge is 0.497 e. The molecule has 1 heterocycles. The molecule has 20 heavy (non-hydrogen) atoms. The number of benzene rings is 1. The van der Waals surface area contributed by atoms with E-state index in [2.05, 4.69) is 0 Å². The summed E-state index contributed by atoms with van der Waals surface area (Å²) in [6, 6.07) is 6.88. The second kappa shape index (κ2) is 6.27. The molecule has 0 bridgehead atoms. The van der Waals surface area contributed by atoms with E-state index in [0.717, 1.165) is 19.4 Å². The summed E-state index contributed by atoms with van der Waals surface area (Å²) in [6.45, 7) is 1.17. The third-order valence-corrected chi connectivity index (χ3v) is 3.37. The van der Waals surface area contributed by atoms with Gasteiger partial charge in [-0.3, -0.25) is 10.2 Å². The molecule has 1 saturated heterocycles. The number of nitrogens with one attached hydrogen (secondary N) is 1. The summed E-state index contributed by atoms with van der Waals surface area (Å²) in [7, 11) is 1.58. The van der Waals surface area contributed by atoms with Crippen molar-refractivity contribution in [2.24, 2.45) is 11.7 Å². The Labute approximate surface area is 118 Å². The predicted molar refractivity (Wildman–Crippen MR) is 74.8 cm³/mol. The van der Waals surface area contributed by atoms with Gasteiger partial charge in [0.2, 0.25) is 0 Å². The van der Waals surface area contributed by atoms with Crippen LogP contribution in [0, 0.1) is 11.3 Å². The molecule has 1 aromatic carbocycles. The fourth-order valence-corrected chi connectivity index (χ4v) is 2.23. The molecule has 1 atom stereocenters. The molecule has 0 amide bonds. The van der Waals surface area contributed by atoms with Crippen molar-refractivity contribution in [3.63, 3.8) is 0 Å². The van der Waals surface area contributed by atoms with Crippen LogP contribution in [0.5, 0.6) is 11.5 Å². The first-order chi connectivity index (χ1) is 9.60. The smallest absolute Gasteiger partial charge is 0.316 e. The van der Waals surface area contributed by atoms with Crippen LogP contribution in [0.3, 0.4) is 0 Å². The van der Waals surface area contributed by atoms with Crippen molar-refractivity contribution in [3.8, 4) is 11.5 Å². The number of nitrogens with two attached hydrogens (primary N) is 1. The number of carbonyl (C=O) groups excluding carboxylic acids is 1. The Hall–Kier alpha value is -2.24. The van der Waals surface area contributed by atoms with Crippen molar-refractivity contribution in [2.75, 3.05) is 20.2 Å². The van der Waals surface area contributed by atoms with Crippen LogP contribution in [-0.4, -0.2) is 37.0 Å². The number of likely N-dealkylation sites (tertiary alicyclic amines) is 1. The van der Waals surface area contributed by atoms with Gasteiger partial charge in [0, 0.05) is 13.1 Å². The molecule has 6 heteroatoms. The first kappa shape index (κ1) is 14.2. The lowest BCUT2D eigenvalue weighted by molar-refractivity contribution is -0.140. The molecule has 0 aromatic heterocycles. The molecule has 108 valence electrons. The van der Waals surface area contributed by atoms with Crippen LogP contribution in [0.15, 0.2) is 24.3 Å². The quantitative estimate of drug-likeness (QED) is 0.375. The van der Waals surface area contributed by atoms with Crippen molar-refractivity contribution >= 4 is 11.9 Å². The minimum atomic E-state index is -0.277. The van der Waals surface area contributed by atoms with Gasteiger partial charge >= 0.3 is 5.97 Å². The molecule has 1 aromatic rings. The fourth-order valence-electron chi connectivity index (χ4n) is 2.23. The van der Waals surface area contributed by atoms with Crippen LogP contribution in [0.1, 0.15) is 12.8 Å². The summed E-state index contributed by atoms with van der Waals surface area (Å²) >= 11 is 0. The van der Waals surface area contributed by atoms with E-state index in [1.165, 1.54) is 0 Å². The van der Waals surface area contributed by atoms with Crippen molar-refractivity contribution in [3.05, 3.63) is 24.3 Å². The average molecular weight is 277 g/mol. The monoisotopic (exact) mass is 277 g/mol. The molecular weight excluding hydrogens is 258 g/mol. The molecule has 2 rings (SSSR count). The van der Waals surface area contributed by atoms with Gasteiger partial charge in [-0.1, -0.05) is 0 Å². The number of carbonyl (C=O) groups is 1. The number of hydrogen-bond donors (Lipinski definition) is 2. The molecule has 1 aliphatic heterocycles. The molecule has 1 unspecified atom stereocenters. The number of nitrogens with zero attached hydrogens (tertiary/aromatic N) is 1. The summed E-state index contributed by atoms with van der Waals surface area (Å²) in [6.07, 6.45) is 1.60. The number of ether oxygens (including phenoxy) is 2. The Balaban J connectivity index is 1.95. The molecule has 3 N–H and O–H groups in total. The van der Waals surface area contributed by atoms with Gasteiger partial charge in [0.15, 0.2) is 5.96 Å². The van der Waals surface area contributed by atoms with Gasteiger partial charge in [0.25, 0.3) is 0 Å². The Morgan fingerprint density at radius 1 is 1.35 bits per heavy atom. The van der Waals surface area contributed by atoms with Crippen LogP contribution in [0.4, 0.5) is 0 Å². The minimum Gasteiger partial charge on any atom is -0.497 e. The third kappa shape index (κ3) is 3.40. The van der Waals surface area contributed by atoms with Crippen LogP contribution in [0.25, 0.3) is 0 Å². The van der Waals surface area contributed by atoms with E-state index < -0.39 is 0 Å². The first-order valence-electron chi connectivity index (χ1n) is 6.55. The second-order valence-corrected chi connectivity index (χ2v) is 4.77. The molecular formula is C14H19N3O3. The number of methoxy groups -OCH3 is 1. The number of hydrogen-bond acceptors (Lipinski definition) is 4. The summed E-state index contributed by atoms with van der Waals surface area (Å²) in [4.78, 5) is 13.8. The SMILES string of the molecule is COc1ccc(OC(=O)C2CCCN(C(=N)N)C2)cc1. The maximum Gasteiger partial charge on any atom is 0.316 e. The second-order valence-electron chi connectivity index (χ2n) is 4.77. The van der Waals surface area contributed by atoms with Gasteiger partial charge in [0.1, 0.15) is 11.5 Å². The Bertz CT molecular complexity index is 487. The lowest BCUT2D eigenvalue weighted by Crippen LogP contribution is -2.46. The summed E-state index contributed by atoms with van der Waals surface area (Å²) in [5.41, 5.74) is 5.46. The van der Waals surface area contributed by atoms with Crippen molar-refractivity contribution in [1.82, 2.24) is 4.90 Å². The third-order valence-electron chi connectivity index (χ3n) is 3.37. The molecule has 0 aliphatic carbocycles. The summed E-state index contributed by atoms with van der Waals surface area (Å²) in [5.74, 6) is 0.698. The summed E-state index contributed by atoms with van der Waals surface area (Å²) < 4.78 is 10.4. The van der Waals surface area contributed by atoms with Crippen molar-refractivity contribution in [2.45, 2.75) is 12.8 Å². The topological polar surface area (TPSA) is 88.6 Å². The van der Waals surface area contributed by atoms with Gasteiger partial charge in [0.05, 0.1) is 13.0 Å². The van der Waals surface area contributed by atoms with Gasteiger partial charge in [-0.15, -0.1) is 0 Å². The Morgan fingerprint density at radius 3 is 2.60 bits per heavy atom. The molecule has 6 nitrogen and oxygen atoms in total. The molecule has 0 radical (unpaired) electrons. The molecule has 1 aliphatic rings. The van der Waals surface area contributed by atoms with Crippen LogP contribution in [0.2, 0.25) is 0 Å². The van der Waals surface area contributed by atoms with E-state index in [-0.39, 0.29) is 17.8 Å². The van der Waals surface area contributed by atoms with Gasteiger partial charge in [-0.25, -0.2) is 0 Å². The zero-order chi connectivity index (χ0) is 14.5. The maximum absolute atomic E-state index is 12.1. The summed E-state index contributed by atoms with van der Waals surface area (Å²) in [5, 5.41) is 7.42. The molecule has 1 fully saturated rings. The number of guanidine groups is 1. The van der Waals surface area contributed by atoms with Crippen LogP contribution < -0.4 is 15.2 Å². The van der Waals surface area contributed by atoms with E-state index in [4.69, 9.17) is 20.6 Å². The zero-order valence-electron chi connectivity index (χ0n) is 11.5. The van der Waals surface area contributed by atoms with Crippen LogP contribution >= 0.6 is 0 Å². The van der Waals surface area contributed by atoms with Gasteiger partial charge in [-0.2, -0.15) is 0 Å². The number of esters is 1. The fraction of sp³-hybridized carbons (Fsp3) is 0.429. The molecule has 0 saturated carbocycles. The van der Waals surface area contributed by atoms with E-state index in [0.29, 0.717) is 18.0 Å². The highest BCUT2D eigenvalue weighted by Gasteiger charge is 2.27. The number of piperidine rings is 1. The van der Waals surface area contributed by atoms with E-state index in [1.54, 1.807) is 36.3 Å².